The van der Waals surface area contributed by atoms with E-state index >= 15 is 0 Å². The van der Waals surface area contributed by atoms with E-state index in [-0.39, 0.29) is 11.1 Å². The molecule has 0 radical (unpaired) electrons. The van der Waals surface area contributed by atoms with Crippen molar-refractivity contribution >= 4 is 17.5 Å². The largest absolute Gasteiger partial charge is 0.380 e. The smallest absolute Gasteiger partial charge is 0.254 e. The van der Waals surface area contributed by atoms with E-state index in [2.05, 4.69) is 17.2 Å². The molecule has 17 heavy (non-hydrogen) atoms. The molecular formula is C12H17ClN2O2. The van der Waals surface area contributed by atoms with E-state index in [1.807, 2.05) is 0 Å². The van der Waals surface area contributed by atoms with Crippen LogP contribution in [-0.2, 0) is 4.74 Å². The van der Waals surface area contributed by atoms with Crippen LogP contribution in [0.25, 0.3) is 0 Å². The molecule has 1 N–H and O–H groups in total. The second-order valence-electron chi connectivity index (χ2n) is 3.56. The Bertz CT molecular complexity index is 358. The predicted octanol–water partition coefficient (Wildman–Crippen LogP) is 2.28. The lowest BCUT2D eigenvalue weighted by Crippen LogP contribution is -2.27. The van der Waals surface area contributed by atoms with Crippen molar-refractivity contribution in [2.75, 3.05) is 19.8 Å². The van der Waals surface area contributed by atoms with Crippen LogP contribution in [0.3, 0.4) is 0 Å². The van der Waals surface area contributed by atoms with Crippen LogP contribution in [-0.4, -0.2) is 30.6 Å². The summed E-state index contributed by atoms with van der Waals surface area (Å²) in [6.07, 6.45) is 3.70. The van der Waals surface area contributed by atoms with Gasteiger partial charge in [-0.2, -0.15) is 0 Å². The fraction of sp³-hybridized carbons (Fsp3) is 0.500. The number of unbranched alkanes of at least 4 members (excludes halogenated alkanes) is 1. The SMILES string of the molecule is CCCCOCCNC(=O)c1cccnc1Cl. The monoisotopic (exact) mass is 256 g/mol. The number of hydrogen-bond acceptors (Lipinski definition) is 3. The molecule has 0 atom stereocenters. The minimum Gasteiger partial charge on any atom is -0.380 e. The van der Waals surface area contributed by atoms with E-state index in [0.29, 0.717) is 18.7 Å². The standard InChI is InChI=1S/C12H17ClN2O2/c1-2-3-8-17-9-7-15-12(16)10-5-4-6-14-11(10)13/h4-6H,2-3,7-9H2,1H3,(H,15,16). The number of pyridine rings is 1. The van der Waals surface area contributed by atoms with E-state index < -0.39 is 0 Å². The van der Waals surface area contributed by atoms with Gasteiger partial charge in [-0.05, 0) is 18.6 Å². The van der Waals surface area contributed by atoms with Crippen LogP contribution in [0.15, 0.2) is 18.3 Å². The van der Waals surface area contributed by atoms with Crippen LogP contribution in [0.2, 0.25) is 5.15 Å². The molecule has 5 heteroatoms. The first kappa shape index (κ1) is 13.9. The summed E-state index contributed by atoms with van der Waals surface area (Å²) in [6.45, 7) is 3.84. The molecule has 0 aromatic carbocycles. The van der Waals surface area contributed by atoms with Gasteiger partial charge in [0.2, 0.25) is 0 Å². The predicted molar refractivity (Wildman–Crippen MR) is 67.3 cm³/mol. The van der Waals surface area contributed by atoms with Crippen molar-refractivity contribution in [3.8, 4) is 0 Å². The highest BCUT2D eigenvalue weighted by Gasteiger charge is 2.09. The molecule has 0 saturated heterocycles. The first-order valence-corrected chi connectivity index (χ1v) is 6.10. The van der Waals surface area contributed by atoms with Gasteiger partial charge in [-0.15, -0.1) is 0 Å². The molecular weight excluding hydrogens is 240 g/mol. The summed E-state index contributed by atoms with van der Waals surface area (Å²) in [7, 11) is 0. The van der Waals surface area contributed by atoms with E-state index in [4.69, 9.17) is 16.3 Å². The molecule has 0 aliphatic heterocycles. The first-order chi connectivity index (χ1) is 8.25. The number of nitrogens with zero attached hydrogens (tertiary/aromatic N) is 1. The molecule has 94 valence electrons. The van der Waals surface area contributed by atoms with E-state index in [0.717, 1.165) is 19.4 Å². The molecule has 0 bridgehead atoms. The highest BCUT2D eigenvalue weighted by atomic mass is 35.5. The number of rotatable bonds is 7. The Balaban J connectivity index is 2.24. The number of hydrogen-bond donors (Lipinski definition) is 1. The summed E-state index contributed by atoms with van der Waals surface area (Å²) in [5.41, 5.74) is 0.391. The number of carbonyl (C=O) groups excluding carboxylic acids is 1. The van der Waals surface area contributed by atoms with Crippen LogP contribution >= 0.6 is 11.6 Å². The van der Waals surface area contributed by atoms with E-state index in [1.54, 1.807) is 18.3 Å². The molecule has 1 heterocycles. The van der Waals surface area contributed by atoms with Crippen LogP contribution in [0.4, 0.5) is 0 Å². The maximum absolute atomic E-state index is 11.7. The van der Waals surface area contributed by atoms with Crippen molar-refractivity contribution in [1.29, 1.82) is 0 Å². The van der Waals surface area contributed by atoms with Gasteiger partial charge in [-0.1, -0.05) is 24.9 Å². The van der Waals surface area contributed by atoms with Crippen LogP contribution < -0.4 is 5.32 Å². The Morgan fingerprint density at radius 3 is 3.06 bits per heavy atom. The number of ether oxygens (including phenoxy) is 1. The van der Waals surface area contributed by atoms with Gasteiger partial charge in [0.25, 0.3) is 5.91 Å². The van der Waals surface area contributed by atoms with Crippen molar-refractivity contribution < 1.29 is 9.53 Å². The fourth-order valence-electron chi connectivity index (χ4n) is 1.24. The minimum absolute atomic E-state index is 0.219. The number of amides is 1. The number of carbonyl (C=O) groups is 1. The number of halogens is 1. The minimum atomic E-state index is -0.220. The third-order valence-corrected chi connectivity index (χ3v) is 2.48. The Hall–Kier alpha value is -1.13. The summed E-state index contributed by atoms with van der Waals surface area (Å²) in [5, 5.41) is 2.95. The summed E-state index contributed by atoms with van der Waals surface area (Å²) in [6, 6.07) is 3.32. The summed E-state index contributed by atoms with van der Waals surface area (Å²) in [5.74, 6) is -0.220. The van der Waals surface area contributed by atoms with Crippen LogP contribution in [0.1, 0.15) is 30.1 Å². The highest BCUT2D eigenvalue weighted by Crippen LogP contribution is 2.10. The molecule has 1 amide bonds. The van der Waals surface area contributed by atoms with Gasteiger partial charge in [-0.25, -0.2) is 4.98 Å². The first-order valence-electron chi connectivity index (χ1n) is 5.72. The van der Waals surface area contributed by atoms with Gasteiger partial charge in [0.1, 0.15) is 5.15 Å². The highest BCUT2D eigenvalue weighted by molar-refractivity contribution is 6.32. The van der Waals surface area contributed by atoms with E-state index in [1.165, 1.54) is 0 Å². The molecule has 0 aliphatic rings. The number of nitrogens with one attached hydrogen (secondary N) is 1. The maximum Gasteiger partial charge on any atom is 0.254 e. The molecule has 1 rings (SSSR count). The lowest BCUT2D eigenvalue weighted by atomic mass is 10.3. The Morgan fingerprint density at radius 1 is 1.53 bits per heavy atom. The summed E-state index contributed by atoms with van der Waals surface area (Å²) >= 11 is 5.80. The molecule has 1 aromatic rings. The zero-order valence-corrected chi connectivity index (χ0v) is 10.7. The van der Waals surface area contributed by atoms with Gasteiger partial charge < -0.3 is 10.1 Å². The summed E-state index contributed by atoms with van der Waals surface area (Å²) < 4.78 is 5.33. The van der Waals surface area contributed by atoms with Gasteiger partial charge >= 0.3 is 0 Å². The van der Waals surface area contributed by atoms with Crippen molar-refractivity contribution in [2.45, 2.75) is 19.8 Å². The molecule has 0 fully saturated rings. The molecule has 0 saturated carbocycles. The van der Waals surface area contributed by atoms with Gasteiger partial charge in [0, 0.05) is 19.3 Å². The normalized spacial score (nSPS) is 10.2. The molecule has 0 spiro atoms. The van der Waals surface area contributed by atoms with Crippen molar-refractivity contribution in [3.63, 3.8) is 0 Å². The van der Waals surface area contributed by atoms with Crippen molar-refractivity contribution in [3.05, 3.63) is 29.0 Å². The molecule has 1 aromatic heterocycles. The maximum atomic E-state index is 11.7. The van der Waals surface area contributed by atoms with Crippen molar-refractivity contribution in [1.82, 2.24) is 10.3 Å². The third-order valence-electron chi connectivity index (χ3n) is 2.18. The van der Waals surface area contributed by atoms with Crippen LogP contribution in [0.5, 0.6) is 0 Å². The van der Waals surface area contributed by atoms with E-state index in [9.17, 15) is 4.79 Å². The Morgan fingerprint density at radius 2 is 2.35 bits per heavy atom. The van der Waals surface area contributed by atoms with Gasteiger partial charge in [0.05, 0.1) is 12.2 Å². The third kappa shape index (κ3) is 5.15. The molecule has 0 aliphatic carbocycles. The summed E-state index contributed by atoms with van der Waals surface area (Å²) in [4.78, 5) is 15.5. The lowest BCUT2D eigenvalue weighted by molar-refractivity contribution is 0.0912. The van der Waals surface area contributed by atoms with Crippen LogP contribution in [0, 0.1) is 0 Å². The van der Waals surface area contributed by atoms with Gasteiger partial charge in [0.15, 0.2) is 0 Å². The second kappa shape index (κ2) is 8.03. The quantitative estimate of drug-likeness (QED) is 0.602. The number of aromatic nitrogens is 1. The van der Waals surface area contributed by atoms with Gasteiger partial charge in [-0.3, -0.25) is 4.79 Å². The topological polar surface area (TPSA) is 51.2 Å². The van der Waals surface area contributed by atoms with Crippen molar-refractivity contribution in [2.24, 2.45) is 0 Å². The molecule has 0 unspecified atom stereocenters. The second-order valence-corrected chi connectivity index (χ2v) is 3.92. The lowest BCUT2D eigenvalue weighted by Gasteiger charge is -2.06. The Kier molecular flexibility index (Phi) is 6.58. The average molecular weight is 257 g/mol. The fourth-order valence-corrected chi connectivity index (χ4v) is 1.44. The molecule has 4 nitrogen and oxygen atoms in total. The Labute approximate surface area is 106 Å². The average Bonchev–Trinajstić information content (AvgIpc) is 2.34. The zero-order valence-electron chi connectivity index (χ0n) is 9.91. The zero-order chi connectivity index (χ0) is 12.5.